The van der Waals surface area contributed by atoms with Gasteiger partial charge < -0.3 is 4.74 Å². The summed E-state index contributed by atoms with van der Waals surface area (Å²) < 4.78 is 17.8. The number of Topliss-reactive ketones (excluding diaryl/α,β-unsaturated/α-hetero) is 1. The Hall–Kier alpha value is -2.31. The summed E-state index contributed by atoms with van der Waals surface area (Å²) in [6.07, 6.45) is -2.55. The summed E-state index contributed by atoms with van der Waals surface area (Å²) in [6.45, 7) is 1.38. The maximum absolute atomic E-state index is 13.5. The number of carbonyl (C=O) groups is 2. The number of para-hydroxylation sites is 1. The largest absolute Gasteiger partial charge is 0.463 e. The van der Waals surface area contributed by atoms with E-state index in [2.05, 4.69) is 4.74 Å². The van der Waals surface area contributed by atoms with Gasteiger partial charge in [-0.3, -0.25) is 14.9 Å². The Morgan fingerprint density at radius 2 is 2.06 bits per heavy atom. The lowest BCUT2D eigenvalue weighted by molar-refractivity contribution is -0.385. The molecule has 0 aliphatic carbocycles. The molecule has 0 bridgehead atoms. The minimum atomic E-state index is -2.55. The van der Waals surface area contributed by atoms with Gasteiger partial charge in [-0.2, -0.15) is 0 Å². The van der Waals surface area contributed by atoms with Crippen LogP contribution in [-0.2, 0) is 9.53 Å². The lowest BCUT2D eigenvalue weighted by Crippen LogP contribution is -2.28. The molecule has 0 aliphatic rings. The molecule has 18 heavy (non-hydrogen) atoms. The summed E-state index contributed by atoms with van der Waals surface area (Å²) in [5.41, 5.74) is -1.00. The number of nitro groups is 1. The average molecular weight is 255 g/mol. The number of alkyl halides is 1. The fourth-order valence-corrected chi connectivity index (χ4v) is 1.30. The van der Waals surface area contributed by atoms with Crippen molar-refractivity contribution in [2.75, 3.05) is 6.61 Å². The maximum Gasteiger partial charge on any atom is 0.349 e. The minimum absolute atomic E-state index is 0.0799. The van der Waals surface area contributed by atoms with Gasteiger partial charge in [-0.1, -0.05) is 12.1 Å². The van der Waals surface area contributed by atoms with Gasteiger partial charge >= 0.3 is 5.97 Å². The third-order valence-electron chi connectivity index (χ3n) is 2.09. The SMILES string of the molecule is CCOC(=O)C(F)C(=O)c1ccccc1[N+](=O)[O-]. The molecule has 1 aromatic rings. The Labute approximate surface area is 102 Å². The van der Waals surface area contributed by atoms with Gasteiger partial charge in [0.15, 0.2) is 0 Å². The van der Waals surface area contributed by atoms with E-state index in [-0.39, 0.29) is 6.61 Å². The molecule has 0 spiro atoms. The van der Waals surface area contributed by atoms with E-state index in [1.54, 1.807) is 0 Å². The number of carbonyl (C=O) groups excluding carboxylic acids is 2. The molecular formula is C11H10FNO5. The lowest BCUT2D eigenvalue weighted by Gasteiger charge is -2.06. The molecule has 6 nitrogen and oxygen atoms in total. The molecule has 0 radical (unpaired) electrons. The molecule has 0 saturated carbocycles. The Bertz CT molecular complexity index is 488. The molecule has 1 atom stereocenters. The smallest absolute Gasteiger partial charge is 0.349 e. The van der Waals surface area contributed by atoms with Crippen LogP contribution in [-0.4, -0.2) is 29.5 Å². The van der Waals surface area contributed by atoms with Crippen LogP contribution in [0.5, 0.6) is 0 Å². The first-order valence-corrected chi connectivity index (χ1v) is 5.07. The normalized spacial score (nSPS) is 11.7. The van der Waals surface area contributed by atoms with Gasteiger partial charge in [0, 0.05) is 6.07 Å². The van der Waals surface area contributed by atoms with E-state index >= 15 is 0 Å². The summed E-state index contributed by atoms with van der Waals surface area (Å²) in [4.78, 5) is 32.5. The molecule has 1 unspecified atom stereocenters. The second kappa shape index (κ2) is 5.85. The van der Waals surface area contributed by atoms with Crippen molar-refractivity contribution >= 4 is 17.4 Å². The second-order valence-corrected chi connectivity index (χ2v) is 3.25. The first-order valence-electron chi connectivity index (χ1n) is 5.07. The zero-order valence-electron chi connectivity index (χ0n) is 9.46. The number of esters is 1. The van der Waals surface area contributed by atoms with Crippen LogP contribution in [0.15, 0.2) is 24.3 Å². The predicted molar refractivity (Wildman–Crippen MR) is 59.0 cm³/mol. The number of hydrogen-bond acceptors (Lipinski definition) is 5. The van der Waals surface area contributed by atoms with Crippen molar-refractivity contribution in [2.45, 2.75) is 13.1 Å². The highest BCUT2D eigenvalue weighted by Crippen LogP contribution is 2.20. The van der Waals surface area contributed by atoms with Gasteiger partial charge in [0.25, 0.3) is 11.9 Å². The van der Waals surface area contributed by atoms with Gasteiger partial charge in [0.1, 0.15) is 0 Å². The summed E-state index contributed by atoms with van der Waals surface area (Å²) in [5, 5.41) is 10.7. The van der Waals surface area contributed by atoms with E-state index in [9.17, 15) is 24.1 Å². The van der Waals surface area contributed by atoms with E-state index < -0.39 is 34.1 Å². The van der Waals surface area contributed by atoms with Crippen LogP contribution in [0.1, 0.15) is 17.3 Å². The molecule has 96 valence electrons. The zero-order valence-corrected chi connectivity index (χ0v) is 9.46. The number of nitrogens with zero attached hydrogens (tertiary/aromatic N) is 1. The number of ether oxygens (including phenoxy) is 1. The fraction of sp³-hybridized carbons (Fsp3) is 0.273. The van der Waals surface area contributed by atoms with Crippen LogP contribution >= 0.6 is 0 Å². The fourth-order valence-electron chi connectivity index (χ4n) is 1.30. The Kier molecular flexibility index (Phi) is 4.47. The third kappa shape index (κ3) is 2.88. The molecule has 1 aromatic carbocycles. The van der Waals surface area contributed by atoms with Crippen molar-refractivity contribution in [3.8, 4) is 0 Å². The van der Waals surface area contributed by atoms with Crippen LogP contribution in [0.25, 0.3) is 0 Å². The summed E-state index contributed by atoms with van der Waals surface area (Å²) in [7, 11) is 0. The Morgan fingerprint density at radius 1 is 1.44 bits per heavy atom. The van der Waals surface area contributed by atoms with Gasteiger partial charge in [0.2, 0.25) is 5.78 Å². The number of nitro benzene ring substituents is 1. The monoisotopic (exact) mass is 255 g/mol. The number of rotatable bonds is 5. The molecule has 0 aliphatic heterocycles. The highest BCUT2D eigenvalue weighted by atomic mass is 19.1. The van der Waals surface area contributed by atoms with Gasteiger partial charge in [-0.25, -0.2) is 9.18 Å². The average Bonchev–Trinajstić information content (AvgIpc) is 2.37. The summed E-state index contributed by atoms with van der Waals surface area (Å²) in [6, 6.07) is 4.84. The molecule has 0 N–H and O–H groups in total. The minimum Gasteiger partial charge on any atom is -0.463 e. The maximum atomic E-state index is 13.5. The van der Waals surface area contributed by atoms with E-state index in [1.807, 2.05) is 0 Å². The predicted octanol–water partition coefficient (Wildman–Crippen LogP) is 1.68. The van der Waals surface area contributed by atoms with Crippen LogP contribution in [0.3, 0.4) is 0 Å². The number of ketones is 1. The number of hydrogen-bond donors (Lipinski definition) is 0. The topological polar surface area (TPSA) is 86.5 Å². The molecule has 0 amide bonds. The molecule has 0 saturated heterocycles. The first-order chi connectivity index (χ1) is 8.49. The molecule has 0 fully saturated rings. The van der Waals surface area contributed by atoms with E-state index in [0.717, 1.165) is 12.1 Å². The second-order valence-electron chi connectivity index (χ2n) is 3.25. The van der Waals surface area contributed by atoms with E-state index in [0.29, 0.717) is 0 Å². The van der Waals surface area contributed by atoms with Crippen molar-refractivity contribution in [3.63, 3.8) is 0 Å². The van der Waals surface area contributed by atoms with Crippen molar-refractivity contribution in [3.05, 3.63) is 39.9 Å². The number of benzene rings is 1. The summed E-state index contributed by atoms with van der Waals surface area (Å²) in [5.74, 6) is -2.62. The molecule has 7 heteroatoms. The third-order valence-corrected chi connectivity index (χ3v) is 2.09. The van der Waals surface area contributed by atoms with Crippen molar-refractivity contribution in [1.29, 1.82) is 0 Å². The highest BCUT2D eigenvalue weighted by Gasteiger charge is 2.32. The standard InChI is InChI=1S/C11H10FNO5/c1-2-18-11(15)9(12)10(14)7-5-3-4-6-8(7)13(16)17/h3-6,9H,2H2,1H3. The van der Waals surface area contributed by atoms with Gasteiger partial charge in [0.05, 0.1) is 17.1 Å². The van der Waals surface area contributed by atoms with E-state index in [4.69, 9.17) is 0 Å². The van der Waals surface area contributed by atoms with Crippen molar-refractivity contribution in [1.82, 2.24) is 0 Å². The molecule has 1 rings (SSSR count). The molecule has 0 aromatic heterocycles. The molecule has 0 heterocycles. The van der Waals surface area contributed by atoms with Gasteiger partial charge in [-0.15, -0.1) is 0 Å². The first kappa shape index (κ1) is 13.8. The summed E-state index contributed by atoms with van der Waals surface area (Å²) >= 11 is 0. The van der Waals surface area contributed by atoms with Crippen molar-refractivity contribution < 1.29 is 23.6 Å². The van der Waals surface area contributed by atoms with Crippen LogP contribution in [0.4, 0.5) is 10.1 Å². The lowest BCUT2D eigenvalue weighted by atomic mass is 10.1. The van der Waals surface area contributed by atoms with Crippen LogP contribution < -0.4 is 0 Å². The quantitative estimate of drug-likeness (QED) is 0.262. The Balaban J connectivity index is 3.04. The van der Waals surface area contributed by atoms with Crippen LogP contribution in [0, 0.1) is 10.1 Å². The zero-order chi connectivity index (χ0) is 13.7. The van der Waals surface area contributed by atoms with Crippen LogP contribution in [0.2, 0.25) is 0 Å². The van der Waals surface area contributed by atoms with Crippen molar-refractivity contribution in [2.24, 2.45) is 0 Å². The Morgan fingerprint density at radius 3 is 2.61 bits per heavy atom. The molecular weight excluding hydrogens is 245 g/mol. The number of halogens is 1. The van der Waals surface area contributed by atoms with E-state index in [1.165, 1.54) is 19.1 Å². The highest BCUT2D eigenvalue weighted by molar-refractivity contribution is 6.12. The van der Waals surface area contributed by atoms with Gasteiger partial charge in [-0.05, 0) is 13.0 Å².